The molecule has 0 bridgehead atoms. The number of rotatable bonds is 3. The van der Waals surface area contributed by atoms with E-state index in [1.165, 1.54) is 16.6 Å². The molecular weight excluding hydrogens is 236 g/mol. The second-order valence-electron chi connectivity index (χ2n) is 5.58. The van der Waals surface area contributed by atoms with E-state index < -0.39 is 0 Å². The molecule has 3 heteroatoms. The number of fused-ring (bicyclic) bond motifs is 1. The number of anilines is 1. The van der Waals surface area contributed by atoms with Crippen LogP contribution in [0.15, 0.2) is 30.5 Å². The monoisotopic (exact) mass is 256 g/mol. The van der Waals surface area contributed by atoms with Crippen molar-refractivity contribution in [3.05, 3.63) is 30.5 Å². The van der Waals surface area contributed by atoms with Crippen LogP contribution in [0.1, 0.15) is 25.7 Å². The van der Waals surface area contributed by atoms with Crippen LogP contribution in [0.5, 0.6) is 0 Å². The predicted molar refractivity (Wildman–Crippen MR) is 78.5 cm³/mol. The van der Waals surface area contributed by atoms with Crippen molar-refractivity contribution in [2.45, 2.75) is 25.7 Å². The minimum absolute atomic E-state index is 0.436. The zero-order chi connectivity index (χ0) is 13.2. The van der Waals surface area contributed by atoms with Crippen LogP contribution >= 0.6 is 0 Å². The number of Topliss-reactive ketones (excluding diaryl/α,β-unsaturated/α-hetero) is 1. The van der Waals surface area contributed by atoms with Crippen molar-refractivity contribution in [3.8, 4) is 0 Å². The van der Waals surface area contributed by atoms with Crippen LogP contribution in [0.3, 0.4) is 0 Å². The Balaban J connectivity index is 1.73. The summed E-state index contributed by atoms with van der Waals surface area (Å²) in [5.74, 6) is 1.09. The molecule has 1 aromatic heterocycles. The van der Waals surface area contributed by atoms with Gasteiger partial charge in [0.1, 0.15) is 5.78 Å². The number of nitrogens with one attached hydrogen (secondary N) is 1. The average Bonchev–Trinajstić information content (AvgIpc) is 2.85. The number of para-hydroxylation sites is 1. The molecule has 1 aliphatic carbocycles. The zero-order valence-corrected chi connectivity index (χ0v) is 11.4. The van der Waals surface area contributed by atoms with Crippen molar-refractivity contribution in [2.75, 3.05) is 18.5 Å². The van der Waals surface area contributed by atoms with Crippen LogP contribution in [0, 0.1) is 5.92 Å². The molecule has 1 saturated carbocycles. The van der Waals surface area contributed by atoms with E-state index >= 15 is 0 Å². The number of aromatic amines is 1. The highest BCUT2D eigenvalue weighted by atomic mass is 16.1. The van der Waals surface area contributed by atoms with Gasteiger partial charge in [-0.15, -0.1) is 0 Å². The molecule has 0 atom stereocenters. The van der Waals surface area contributed by atoms with E-state index in [-0.39, 0.29) is 0 Å². The van der Waals surface area contributed by atoms with E-state index in [2.05, 4.69) is 47.4 Å². The Labute approximate surface area is 113 Å². The Bertz CT molecular complexity index is 577. The Morgan fingerprint density at radius 3 is 2.79 bits per heavy atom. The van der Waals surface area contributed by atoms with E-state index in [9.17, 15) is 4.79 Å². The van der Waals surface area contributed by atoms with Crippen LogP contribution in [0.4, 0.5) is 5.69 Å². The molecule has 0 unspecified atom stereocenters. The van der Waals surface area contributed by atoms with Crippen molar-refractivity contribution >= 4 is 22.4 Å². The first-order chi connectivity index (χ1) is 9.24. The van der Waals surface area contributed by atoms with Crippen LogP contribution in [0.25, 0.3) is 10.9 Å². The van der Waals surface area contributed by atoms with Gasteiger partial charge < -0.3 is 9.88 Å². The fraction of sp³-hybridized carbons (Fsp3) is 0.438. The maximum atomic E-state index is 11.3. The van der Waals surface area contributed by atoms with Gasteiger partial charge >= 0.3 is 0 Å². The molecule has 1 heterocycles. The van der Waals surface area contributed by atoms with Crippen molar-refractivity contribution in [2.24, 2.45) is 5.92 Å². The topological polar surface area (TPSA) is 36.1 Å². The number of benzene rings is 1. The summed E-state index contributed by atoms with van der Waals surface area (Å²) < 4.78 is 0. The highest BCUT2D eigenvalue weighted by Gasteiger charge is 2.20. The largest absolute Gasteiger partial charge is 0.373 e. The number of carbonyl (C=O) groups excluding carboxylic acids is 1. The van der Waals surface area contributed by atoms with Gasteiger partial charge in [0.25, 0.3) is 0 Å². The van der Waals surface area contributed by atoms with Gasteiger partial charge in [-0.2, -0.15) is 0 Å². The van der Waals surface area contributed by atoms with E-state index in [1.807, 2.05) is 0 Å². The van der Waals surface area contributed by atoms with E-state index in [0.717, 1.165) is 32.2 Å². The maximum Gasteiger partial charge on any atom is 0.132 e. The summed E-state index contributed by atoms with van der Waals surface area (Å²) in [6, 6.07) is 8.39. The lowest BCUT2D eigenvalue weighted by Gasteiger charge is -2.27. The van der Waals surface area contributed by atoms with Gasteiger partial charge in [0, 0.05) is 43.5 Å². The summed E-state index contributed by atoms with van der Waals surface area (Å²) in [5.41, 5.74) is 2.44. The molecule has 1 aromatic carbocycles. The third-order valence-electron chi connectivity index (χ3n) is 4.17. The molecule has 3 nitrogen and oxygen atoms in total. The second kappa shape index (κ2) is 5.08. The molecular formula is C16H20N2O. The maximum absolute atomic E-state index is 11.3. The van der Waals surface area contributed by atoms with Gasteiger partial charge in [-0.1, -0.05) is 18.2 Å². The molecule has 0 radical (unpaired) electrons. The molecule has 1 aliphatic rings. The fourth-order valence-electron chi connectivity index (χ4n) is 3.04. The molecule has 100 valence electrons. The van der Waals surface area contributed by atoms with Gasteiger partial charge in [-0.3, -0.25) is 4.79 Å². The van der Waals surface area contributed by atoms with Crippen LogP contribution in [-0.2, 0) is 4.79 Å². The predicted octanol–water partition coefficient (Wildman–Crippen LogP) is 3.36. The number of hydrogen-bond donors (Lipinski definition) is 1. The molecule has 19 heavy (non-hydrogen) atoms. The molecule has 0 aliphatic heterocycles. The number of carbonyl (C=O) groups is 1. The smallest absolute Gasteiger partial charge is 0.132 e. The Morgan fingerprint density at radius 2 is 2.00 bits per heavy atom. The fourth-order valence-corrected chi connectivity index (χ4v) is 3.04. The second-order valence-corrected chi connectivity index (χ2v) is 5.58. The zero-order valence-electron chi connectivity index (χ0n) is 11.4. The number of nitrogens with zero attached hydrogens (tertiary/aromatic N) is 1. The molecule has 0 spiro atoms. The van der Waals surface area contributed by atoms with Crippen molar-refractivity contribution in [3.63, 3.8) is 0 Å². The number of aromatic nitrogens is 1. The van der Waals surface area contributed by atoms with E-state index in [1.54, 1.807) is 0 Å². The van der Waals surface area contributed by atoms with Gasteiger partial charge in [0.05, 0.1) is 5.69 Å². The van der Waals surface area contributed by atoms with Gasteiger partial charge in [0.2, 0.25) is 0 Å². The van der Waals surface area contributed by atoms with Crippen LogP contribution in [0.2, 0.25) is 0 Å². The number of H-pyrrole nitrogens is 1. The van der Waals surface area contributed by atoms with Gasteiger partial charge in [-0.25, -0.2) is 0 Å². The van der Waals surface area contributed by atoms with E-state index in [0.29, 0.717) is 11.7 Å². The van der Waals surface area contributed by atoms with Crippen molar-refractivity contribution in [1.29, 1.82) is 0 Å². The first-order valence-corrected chi connectivity index (χ1v) is 7.03. The van der Waals surface area contributed by atoms with Crippen LogP contribution in [-0.4, -0.2) is 24.4 Å². The summed E-state index contributed by atoms with van der Waals surface area (Å²) in [5, 5.41) is 1.27. The Kier molecular flexibility index (Phi) is 3.28. The number of ketones is 1. The van der Waals surface area contributed by atoms with Crippen molar-refractivity contribution in [1.82, 2.24) is 4.98 Å². The lowest BCUT2D eigenvalue weighted by atomic mass is 9.88. The minimum Gasteiger partial charge on any atom is -0.373 e. The number of hydrogen-bond acceptors (Lipinski definition) is 2. The molecule has 1 N–H and O–H groups in total. The molecule has 1 fully saturated rings. The normalized spacial score (nSPS) is 17.0. The van der Waals surface area contributed by atoms with Crippen molar-refractivity contribution < 1.29 is 4.79 Å². The summed E-state index contributed by atoms with van der Waals surface area (Å²) >= 11 is 0. The molecule has 3 rings (SSSR count). The Morgan fingerprint density at radius 1 is 1.26 bits per heavy atom. The standard InChI is InChI=1S/C16H20N2O/c1-18(11-12-6-8-13(19)9-7-12)16-10-17-15-5-3-2-4-14(15)16/h2-5,10,12,17H,6-9,11H2,1H3. The van der Waals surface area contributed by atoms with E-state index in [4.69, 9.17) is 0 Å². The lowest BCUT2D eigenvalue weighted by molar-refractivity contribution is -0.120. The SMILES string of the molecule is CN(CC1CCC(=O)CC1)c1c[nH]c2ccccc12. The molecule has 0 saturated heterocycles. The molecule has 0 amide bonds. The summed E-state index contributed by atoms with van der Waals surface area (Å²) in [6.45, 7) is 1.04. The molecule has 2 aromatic rings. The quantitative estimate of drug-likeness (QED) is 0.914. The summed E-state index contributed by atoms with van der Waals surface area (Å²) in [4.78, 5) is 16.9. The third-order valence-corrected chi connectivity index (χ3v) is 4.17. The third kappa shape index (κ3) is 2.50. The van der Waals surface area contributed by atoms with Gasteiger partial charge in [-0.05, 0) is 24.8 Å². The highest BCUT2D eigenvalue weighted by Crippen LogP contribution is 2.28. The summed E-state index contributed by atoms with van der Waals surface area (Å²) in [7, 11) is 2.14. The summed E-state index contributed by atoms with van der Waals surface area (Å²) in [6.07, 6.45) is 5.72. The van der Waals surface area contributed by atoms with Crippen LogP contribution < -0.4 is 4.90 Å². The Hall–Kier alpha value is -1.77. The highest BCUT2D eigenvalue weighted by molar-refractivity contribution is 5.92. The first kappa shape index (κ1) is 12.3. The first-order valence-electron chi connectivity index (χ1n) is 7.03. The van der Waals surface area contributed by atoms with Gasteiger partial charge in [0.15, 0.2) is 0 Å². The minimum atomic E-state index is 0.436. The lowest BCUT2D eigenvalue weighted by Crippen LogP contribution is -2.28. The average molecular weight is 256 g/mol.